The summed E-state index contributed by atoms with van der Waals surface area (Å²) in [4.78, 5) is 12.2. The Morgan fingerprint density at radius 3 is 2.50 bits per heavy atom. The van der Waals surface area contributed by atoms with Gasteiger partial charge in [-0.15, -0.1) is 0 Å². The molecule has 1 aromatic carbocycles. The minimum Gasteiger partial charge on any atom is -0.460 e. The van der Waals surface area contributed by atoms with Crippen LogP contribution >= 0.6 is 0 Å². The maximum Gasteiger partial charge on any atom is 0.140 e. The lowest BCUT2D eigenvalue weighted by atomic mass is 9.55. The van der Waals surface area contributed by atoms with Gasteiger partial charge in [0.25, 0.3) is 0 Å². The number of fused-ring (bicyclic) bond motifs is 1. The average molecular weight is 270 g/mol. The van der Waals surface area contributed by atoms with Crippen molar-refractivity contribution >= 4 is 16.8 Å². The van der Waals surface area contributed by atoms with Crippen LogP contribution in [-0.4, -0.2) is 5.78 Å². The van der Waals surface area contributed by atoms with Crippen molar-refractivity contribution in [2.45, 2.75) is 52.4 Å². The molecule has 2 aromatic rings. The predicted octanol–water partition coefficient (Wildman–Crippen LogP) is 4.86. The summed E-state index contributed by atoms with van der Waals surface area (Å²) in [6, 6.07) is 8.22. The Morgan fingerprint density at radius 2 is 1.90 bits per heavy atom. The van der Waals surface area contributed by atoms with Crippen molar-refractivity contribution in [3.63, 3.8) is 0 Å². The number of benzene rings is 1. The molecular formula is C18H22O2. The minimum atomic E-state index is -0.183. The van der Waals surface area contributed by atoms with Crippen LogP contribution in [0.5, 0.6) is 0 Å². The third kappa shape index (κ3) is 1.60. The van der Waals surface area contributed by atoms with Crippen LogP contribution in [0.3, 0.4) is 0 Å². The van der Waals surface area contributed by atoms with Crippen LogP contribution in [0.25, 0.3) is 11.0 Å². The van der Waals surface area contributed by atoms with Gasteiger partial charge in [-0.3, -0.25) is 4.79 Å². The summed E-state index contributed by atoms with van der Waals surface area (Å²) >= 11 is 0. The highest BCUT2D eigenvalue weighted by Gasteiger charge is 2.54. The number of carbonyl (C=O) groups excluding carboxylic acids is 1. The van der Waals surface area contributed by atoms with Crippen molar-refractivity contribution in [1.29, 1.82) is 0 Å². The lowest BCUT2D eigenvalue weighted by Crippen LogP contribution is -2.47. The number of para-hydroxylation sites is 1. The lowest BCUT2D eigenvalue weighted by molar-refractivity contribution is -0.142. The number of hydrogen-bond donors (Lipinski definition) is 0. The number of aryl methyl sites for hydroxylation is 1. The molecule has 0 amide bonds. The SMILES string of the molecule is CCc1c(C2CC(=O)C2(CC)CC)oc2ccccc12. The zero-order valence-electron chi connectivity index (χ0n) is 12.5. The Hall–Kier alpha value is -1.57. The number of ketones is 1. The smallest absolute Gasteiger partial charge is 0.140 e. The second-order valence-corrected chi connectivity index (χ2v) is 5.84. The van der Waals surface area contributed by atoms with E-state index in [0.29, 0.717) is 12.2 Å². The molecule has 0 N–H and O–H groups in total. The molecule has 0 radical (unpaired) electrons. The minimum absolute atomic E-state index is 0.183. The Kier molecular flexibility index (Phi) is 3.19. The standard InChI is InChI=1S/C18H22O2/c1-4-12-13-9-7-8-10-15(13)20-17(12)14-11-16(19)18(14,5-2)6-3/h7-10,14H,4-6,11H2,1-3H3. The molecule has 1 heterocycles. The van der Waals surface area contributed by atoms with Crippen molar-refractivity contribution in [3.05, 3.63) is 35.6 Å². The van der Waals surface area contributed by atoms with Crippen LogP contribution in [0.1, 0.15) is 57.3 Å². The third-order valence-electron chi connectivity index (χ3n) is 5.27. The van der Waals surface area contributed by atoms with E-state index in [2.05, 4.69) is 32.9 Å². The molecule has 106 valence electrons. The van der Waals surface area contributed by atoms with Crippen molar-refractivity contribution in [3.8, 4) is 0 Å². The van der Waals surface area contributed by atoms with Gasteiger partial charge in [0.15, 0.2) is 0 Å². The highest BCUT2D eigenvalue weighted by atomic mass is 16.3. The normalized spacial score (nSPS) is 21.1. The first-order chi connectivity index (χ1) is 9.67. The second-order valence-electron chi connectivity index (χ2n) is 5.84. The molecule has 1 saturated carbocycles. The molecule has 0 aliphatic heterocycles. The topological polar surface area (TPSA) is 30.2 Å². The monoisotopic (exact) mass is 270 g/mol. The number of Topliss-reactive ketones (excluding diaryl/α,β-unsaturated/α-hetero) is 1. The summed E-state index contributed by atoms with van der Waals surface area (Å²) < 4.78 is 6.15. The first-order valence-electron chi connectivity index (χ1n) is 7.71. The number of rotatable bonds is 4. The summed E-state index contributed by atoms with van der Waals surface area (Å²) in [5.41, 5.74) is 2.07. The fraction of sp³-hybridized carbons (Fsp3) is 0.500. The molecule has 1 atom stereocenters. The van der Waals surface area contributed by atoms with Crippen molar-refractivity contribution in [2.24, 2.45) is 5.41 Å². The first-order valence-corrected chi connectivity index (χ1v) is 7.71. The van der Waals surface area contributed by atoms with Gasteiger partial charge in [0.05, 0.1) is 0 Å². The van der Waals surface area contributed by atoms with Crippen LogP contribution in [0.2, 0.25) is 0 Å². The molecule has 3 rings (SSSR count). The highest BCUT2D eigenvalue weighted by molar-refractivity contribution is 5.94. The van der Waals surface area contributed by atoms with Gasteiger partial charge in [0, 0.05) is 28.7 Å². The lowest BCUT2D eigenvalue weighted by Gasteiger charge is -2.46. The fourth-order valence-electron chi connectivity index (χ4n) is 3.89. The van der Waals surface area contributed by atoms with Crippen LogP contribution in [0.4, 0.5) is 0 Å². The van der Waals surface area contributed by atoms with E-state index in [1.165, 1.54) is 10.9 Å². The predicted molar refractivity (Wildman–Crippen MR) is 81.0 cm³/mol. The van der Waals surface area contributed by atoms with Gasteiger partial charge < -0.3 is 4.42 Å². The summed E-state index contributed by atoms with van der Waals surface area (Å²) in [6.45, 7) is 6.42. The highest BCUT2D eigenvalue weighted by Crippen LogP contribution is 2.56. The molecule has 1 aromatic heterocycles. The quantitative estimate of drug-likeness (QED) is 0.794. The molecular weight excluding hydrogens is 248 g/mol. The van der Waals surface area contributed by atoms with E-state index >= 15 is 0 Å². The van der Waals surface area contributed by atoms with E-state index < -0.39 is 0 Å². The molecule has 0 spiro atoms. The van der Waals surface area contributed by atoms with Crippen LogP contribution < -0.4 is 0 Å². The van der Waals surface area contributed by atoms with E-state index in [1.807, 2.05) is 12.1 Å². The van der Waals surface area contributed by atoms with Crippen molar-refractivity contribution in [1.82, 2.24) is 0 Å². The number of furan rings is 1. The maximum absolute atomic E-state index is 12.2. The Morgan fingerprint density at radius 1 is 1.20 bits per heavy atom. The van der Waals surface area contributed by atoms with Crippen LogP contribution in [-0.2, 0) is 11.2 Å². The van der Waals surface area contributed by atoms with Gasteiger partial charge in [-0.25, -0.2) is 0 Å². The Bertz CT molecular complexity index is 646. The summed E-state index contributed by atoms with van der Waals surface area (Å²) in [5.74, 6) is 1.75. The van der Waals surface area contributed by atoms with Gasteiger partial charge in [-0.05, 0) is 25.3 Å². The zero-order valence-corrected chi connectivity index (χ0v) is 12.5. The fourth-order valence-corrected chi connectivity index (χ4v) is 3.89. The molecule has 1 fully saturated rings. The molecule has 1 aliphatic rings. The van der Waals surface area contributed by atoms with Gasteiger partial charge in [-0.2, -0.15) is 0 Å². The zero-order chi connectivity index (χ0) is 14.3. The Balaban J connectivity index is 2.13. The summed E-state index contributed by atoms with van der Waals surface area (Å²) in [5, 5.41) is 1.21. The third-order valence-corrected chi connectivity index (χ3v) is 5.27. The largest absolute Gasteiger partial charge is 0.460 e. The van der Waals surface area contributed by atoms with Crippen LogP contribution in [0, 0.1) is 5.41 Å². The average Bonchev–Trinajstić information content (AvgIpc) is 2.83. The van der Waals surface area contributed by atoms with Crippen molar-refractivity contribution in [2.75, 3.05) is 0 Å². The molecule has 20 heavy (non-hydrogen) atoms. The molecule has 0 saturated heterocycles. The maximum atomic E-state index is 12.2. The first kappa shape index (κ1) is 13.4. The van der Waals surface area contributed by atoms with Crippen LogP contribution in [0.15, 0.2) is 28.7 Å². The van der Waals surface area contributed by atoms with Crippen molar-refractivity contribution < 1.29 is 9.21 Å². The molecule has 2 heteroatoms. The summed E-state index contributed by atoms with van der Waals surface area (Å²) in [7, 11) is 0. The van der Waals surface area contributed by atoms with Gasteiger partial charge in [0.1, 0.15) is 17.1 Å². The van der Waals surface area contributed by atoms with Gasteiger partial charge in [-0.1, -0.05) is 39.0 Å². The molecule has 0 bridgehead atoms. The number of carbonyl (C=O) groups is 1. The van der Waals surface area contributed by atoms with E-state index in [-0.39, 0.29) is 11.3 Å². The molecule has 1 aliphatic carbocycles. The van der Waals surface area contributed by atoms with Gasteiger partial charge in [0.2, 0.25) is 0 Å². The molecule has 2 nitrogen and oxygen atoms in total. The van der Waals surface area contributed by atoms with E-state index in [9.17, 15) is 4.79 Å². The second kappa shape index (κ2) is 4.76. The van der Waals surface area contributed by atoms with E-state index in [4.69, 9.17) is 4.42 Å². The Labute approximate surface area is 120 Å². The molecule has 1 unspecified atom stereocenters. The van der Waals surface area contributed by atoms with E-state index in [1.54, 1.807) is 0 Å². The van der Waals surface area contributed by atoms with E-state index in [0.717, 1.165) is 30.6 Å². The van der Waals surface area contributed by atoms with Gasteiger partial charge >= 0.3 is 0 Å². The summed E-state index contributed by atoms with van der Waals surface area (Å²) in [6.07, 6.45) is 3.43. The number of hydrogen-bond acceptors (Lipinski definition) is 2.